The van der Waals surface area contributed by atoms with Gasteiger partial charge in [-0.1, -0.05) is 22.9 Å². The molecule has 0 spiro atoms. The zero-order valence-electron chi connectivity index (χ0n) is 12.3. The Bertz CT molecular complexity index is 529. The molecule has 0 fully saturated rings. The highest BCUT2D eigenvalue weighted by Crippen LogP contribution is 2.26. The Morgan fingerprint density at radius 3 is 2.55 bits per heavy atom. The first-order valence-electron chi connectivity index (χ1n) is 6.57. The van der Waals surface area contributed by atoms with Gasteiger partial charge in [0.15, 0.2) is 8.68 Å². The van der Waals surface area contributed by atoms with Crippen LogP contribution in [0.25, 0.3) is 0 Å². The van der Waals surface area contributed by atoms with Crippen molar-refractivity contribution in [1.82, 2.24) is 14.6 Å². The predicted molar refractivity (Wildman–Crippen MR) is 84.0 cm³/mol. The summed E-state index contributed by atoms with van der Waals surface area (Å²) in [6, 6.07) is 0.508. The first-order chi connectivity index (χ1) is 9.24. The number of thiazole rings is 1. The number of aryl methyl sites for hydroxylation is 1. The van der Waals surface area contributed by atoms with E-state index in [4.69, 9.17) is 11.6 Å². The lowest BCUT2D eigenvalue weighted by molar-refractivity contribution is 0.268. The minimum atomic E-state index is -3.48. The van der Waals surface area contributed by atoms with Crippen LogP contribution >= 0.6 is 22.9 Å². The predicted octanol–water partition coefficient (Wildman–Crippen LogP) is 2.50. The van der Waals surface area contributed by atoms with E-state index in [0.717, 1.165) is 30.7 Å². The number of sulfonamides is 1. The van der Waals surface area contributed by atoms with Crippen LogP contribution in [0.4, 0.5) is 0 Å². The van der Waals surface area contributed by atoms with E-state index in [1.807, 2.05) is 0 Å². The van der Waals surface area contributed by atoms with Gasteiger partial charge in [-0.25, -0.2) is 18.1 Å². The summed E-state index contributed by atoms with van der Waals surface area (Å²) < 4.78 is 27.2. The first-order valence-corrected chi connectivity index (χ1v) is 9.24. The van der Waals surface area contributed by atoms with Gasteiger partial charge in [0.2, 0.25) is 0 Å². The molecular weight excluding hydrogens is 318 g/mol. The fraction of sp³-hybridized carbons (Fsp3) is 0.750. The molecule has 1 aromatic rings. The number of nitrogens with zero attached hydrogens (tertiary/aromatic N) is 2. The number of aromatic nitrogens is 1. The van der Waals surface area contributed by atoms with Gasteiger partial charge < -0.3 is 4.90 Å². The molecule has 0 amide bonds. The highest BCUT2D eigenvalue weighted by molar-refractivity contribution is 7.91. The highest BCUT2D eigenvalue weighted by atomic mass is 35.5. The Morgan fingerprint density at radius 2 is 2.05 bits per heavy atom. The smallest absolute Gasteiger partial charge is 0.251 e. The maximum atomic E-state index is 12.1. The van der Waals surface area contributed by atoms with E-state index in [2.05, 4.69) is 35.5 Å². The number of nitrogens with one attached hydrogen (secondary N) is 1. The van der Waals surface area contributed by atoms with Crippen LogP contribution < -0.4 is 4.72 Å². The second-order valence-electron chi connectivity index (χ2n) is 5.02. The van der Waals surface area contributed by atoms with E-state index in [1.165, 1.54) is 0 Å². The van der Waals surface area contributed by atoms with Crippen molar-refractivity contribution < 1.29 is 8.42 Å². The fourth-order valence-corrected chi connectivity index (χ4v) is 4.47. The Kier molecular flexibility index (Phi) is 6.87. The van der Waals surface area contributed by atoms with Crippen molar-refractivity contribution in [3.63, 3.8) is 0 Å². The van der Waals surface area contributed by atoms with Crippen molar-refractivity contribution in [3.05, 3.63) is 10.2 Å². The fourth-order valence-electron chi connectivity index (χ4n) is 1.62. The van der Waals surface area contributed by atoms with E-state index in [0.29, 0.717) is 18.3 Å². The summed E-state index contributed by atoms with van der Waals surface area (Å²) in [5.41, 5.74) is 0.451. The number of hydrogen-bond acceptors (Lipinski definition) is 5. The van der Waals surface area contributed by atoms with Crippen LogP contribution in [0.15, 0.2) is 4.21 Å². The van der Waals surface area contributed by atoms with Crippen molar-refractivity contribution in [2.75, 3.05) is 20.1 Å². The summed E-state index contributed by atoms with van der Waals surface area (Å²) in [5.74, 6) is 0. The van der Waals surface area contributed by atoms with Crippen LogP contribution in [0.1, 0.15) is 32.4 Å². The van der Waals surface area contributed by atoms with Crippen molar-refractivity contribution in [1.29, 1.82) is 0 Å². The lowest BCUT2D eigenvalue weighted by Crippen LogP contribution is -2.29. The quantitative estimate of drug-likeness (QED) is 0.739. The van der Waals surface area contributed by atoms with Crippen LogP contribution in [0, 0.1) is 6.92 Å². The van der Waals surface area contributed by atoms with E-state index < -0.39 is 10.0 Å². The monoisotopic (exact) mass is 339 g/mol. The molecule has 0 aromatic carbocycles. The Hall–Kier alpha value is -0.210. The summed E-state index contributed by atoms with van der Waals surface area (Å²) in [5, 5.41) is 0. The van der Waals surface area contributed by atoms with Gasteiger partial charge in [-0.2, -0.15) is 0 Å². The molecule has 0 unspecified atom stereocenters. The van der Waals surface area contributed by atoms with Crippen molar-refractivity contribution in [3.8, 4) is 0 Å². The van der Waals surface area contributed by atoms with E-state index in [-0.39, 0.29) is 8.68 Å². The van der Waals surface area contributed by atoms with Crippen LogP contribution in [-0.4, -0.2) is 44.5 Å². The number of unbranched alkanes of at least 4 members (excludes halogenated alkanes) is 1. The van der Waals surface area contributed by atoms with Gasteiger partial charge in [-0.05, 0) is 47.2 Å². The van der Waals surface area contributed by atoms with E-state index in [1.54, 1.807) is 6.92 Å². The summed E-state index contributed by atoms with van der Waals surface area (Å²) in [4.78, 5) is 6.16. The molecule has 0 aliphatic heterocycles. The van der Waals surface area contributed by atoms with Gasteiger partial charge in [-0.15, -0.1) is 0 Å². The molecule has 0 atom stereocenters. The van der Waals surface area contributed by atoms with Crippen molar-refractivity contribution in [2.45, 2.75) is 43.9 Å². The molecule has 0 radical (unpaired) electrons. The van der Waals surface area contributed by atoms with Crippen LogP contribution in [0.3, 0.4) is 0 Å². The molecule has 1 N–H and O–H groups in total. The molecule has 1 aromatic heterocycles. The Labute approximate surface area is 130 Å². The highest BCUT2D eigenvalue weighted by Gasteiger charge is 2.20. The zero-order valence-corrected chi connectivity index (χ0v) is 14.7. The molecule has 5 nitrogen and oxygen atoms in total. The van der Waals surface area contributed by atoms with Crippen LogP contribution in [-0.2, 0) is 10.0 Å². The van der Waals surface area contributed by atoms with Gasteiger partial charge in [0, 0.05) is 12.6 Å². The van der Waals surface area contributed by atoms with Crippen LogP contribution in [0.5, 0.6) is 0 Å². The third-order valence-corrected chi connectivity index (χ3v) is 6.42. The molecule has 0 bridgehead atoms. The minimum Gasteiger partial charge on any atom is -0.304 e. The molecule has 0 saturated heterocycles. The zero-order chi connectivity index (χ0) is 15.3. The summed E-state index contributed by atoms with van der Waals surface area (Å²) in [7, 11) is -1.41. The topological polar surface area (TPSA) is 62.3 Å². The van der Waals surface area contributed by atoms with Gasteiger partial charge >= 0.3 is 0 Å². The van der Waals surface area contributed by atoms with Gasteiger partial charge in [-0.3, -0.25) is 0 Å². The molecule has 20 heavy (non-hydrogen) atoms. The third kappa shape index (κ3) is 5.29. The molecule has 116 valence electrons. The van der Waals surface area contributed by atoms with Gasteiger partial charge in [0.1, 0.15) is 0 Å². The lowest BCUT2D eigenvalue weighted by atomic mass is 10.2. The second-order valence-corrected chi connectivity index (χ2v) is 8.56. The SMILES string of the molecule is Cc1nc(Cl)sc1S(=O)(=O)NCCCCN(C)C(C)C. The van der Waals surface area contributed by atoms with Crippen molar-refractivity contribution in [2.24, 2.45) is 0 Å². The molecule has 1 heterocycles. The van der Waals surface area contributed by atoms with Gasteiger partial charge in [0.25, 0.3) is 10.0 Å². The molecule has 0 aliphatic rings. The average molecular weight is 340 g/mol. The number of hydrogen-bond donors (Lipinski definition) is 1. The van der Waals surface area contributed by atoms with E-state index >= 15 is 0 Å². The van der Waals surface area contributed by atoms with E-state index in [9.17, 15) is 8.42 Å². The number of rotatable bonds is 8. The molecular formula is C12H22ClN3O2S2. The summed E-state index contributed by atoms with van der Waals surface area (Å²) in [6.45, 7) is 7.32. The average Bonchev–Trinajstić information content (AvgIpc) is 2.68. The summed E-state index contributed by atoms with van der Waals surface area (Å²) >= 11 is 6.72. The second kappa shape index (κ2) is 7.70. The molecule has 0 saturated carbocycles. The largest absolute Gasteiger partial charge is 0.304 e. The van der Waals surface area contributed by atoms with Crippen LogP contribution in [0.2, 0.25) is 4.47 Å². The maximum Gasteiger partial charge on any atom is 0.251 e. The summed E-state index contributed by atoms with van der Waals surface area (Å²) in [6.07, 6.45) is 1.77. The minimum absolute atomic E-state index is 0.210. The molecule has 0 aliphatic carbocycles. The normalized spacial score (nSPS) is 12.6. The third-order valence-electron chi connectivity index (χ3n) is 3.08. The van der Waals surface area contributed by atoms with Crippen molar-refractivity contribution >= 4 is 33.0 Å². The van der Waals surface area contributed by atoms with Gasteiger partial charge in [0.05, 0.1) is 5.69 Å². The maximum absolute atomic E-state index is 12.1. The Morgan fingerprint density at radius 1 is 1.40 bits per heavy atom. The standard InChI is InChI=1S/C12H22ClN3O2S2/c1-9(2)16(4)8-6-5-7-14-20(17,18)11-10(3)15-12(13)19-11/h9,14H,5-8H2,1-4H3. The molecule has 1 rings (SSSR count). The Balaban J connectivity index is 2.40. The first kappa shape index (κ1) is 17.8. The molecule has 8 heteroatoms. The number of halogens is 1. The lowest BCUT2D eigenvalue weighted by Gasteiger charge is -2.20.